The maximum atomic E-state index is 12.6. The third-order valence-electron chi connectivity index (χ3n) is 4.26. The lowest BCUT2D eigenvalue weighted by Crippen LogP contribution is -2.66. The van der Waals surface area contributed by atoms with Crippen molar-refractivity contribution in [2.24, 2.45) is 0 Å². The van der Waals surface area contributed by atoms with Gasteiger partial charge in [-0.25, -0.2) is 4.79 Å². The van der Waals surface area contributed by atoms with Crippen molar-refractivity contribution in [2.45, 2.75) is 35.9 Å². The molecule has 1 N–H and O–H groups in total. The Bertz CT molecular complexity index is 696. The maximum absolute atomic E-state index is 12.6. The van der Waals surface area contributed by atoms with E-state index in [4.69, 9.17) is 49.0 Å². The van der Waals surface area contributed by atoms with Crippen LogP contribution in [0, 0.1) is 0 Å². The fraction of sp³-hybridized carbons (Fsp3) is 0.588. The molecule has 1 atom stereocenters. The van der Waals surface area contributed by atoms with E-state index in [1.165, 1.54) is 0 Å². The van der Waals surface area contributed by atoms with E-state index >= 15 is 0 Å². The monoisotopic (exact) mass is 422 g/mol. The summed E-state index contributed by atoms with van der Waals surface area (Å²) in [5, 5.41) is 2.60. The van der Waals surface area contributed by atoms with Crippen LogP contribution in [-0.4, -0.2) is 46.9 Å². The smallest absolute Gasteiger partial charge is 0.389 e. The van der Waals surface area contributed by atoms with E-state index in [0.717, 1.165) is 5.56 Å². The molecule has 1 saturated heterocycles. The van der Waals surface area contributed by atoms with Crippen LogP contribution >= 0.6 is 34.8 Å². The van der Waals surface area contributed by atoms with E-state index < -0.39 is 15.7 Å². The van der Waals surface area contributed by atoms with E-state index in [1.54, 1.807) is 11.0 Å². The van der Waals surface area contributed by atoms with Crippen molar-refractivity contribution in [3.63, 3.8) is 0 Å². The molecule has 2 heterocycles. The Labute approximate surface area is 167 Å². The predicted molar refractivity (Wildman–Crippen MR) is 100 cm³/mol. The van der Waals surface area contributed by atoms with Crippen LogP contribution in [0.5, 0.6) is 11.5 Å². The van der Waals surface area contributed by atoms with Crippen LogP contribution in [0.3, 0.4) is 0 Å². The molecular weight excluding hydrogens is 403 g/mol. The molecule has 26 heavy (non-hydrogen) atoms. The van der Waals surface area contributed by atoms with Crippen molar-refractivity contribution < 1.29 is 19.0 Å². The van der Waals surface area contributed by atoms with E-state index in [0.29, 0.717) is 37.8 Å². The van der Waals surface area contributed by atoms with Gasteiger partial charge < -0.3 is 19.1 Å². The molecule has 0 saturated carbocycles. The Hall–Kier alpha value is -1.08. The minimum absolute atomic E-state index is 0.0966. The average Bonchev–Trinajstić information content (AvgIpc) is 2.93. The van der Waals surface area contributed by atoms with Crippen molar-refractivity contribution in [3.05, 3.63) is 23.8 Å². The number of nitrogens with one attached hydrogen (secondary N) is 1. The van der Waals surface area contributed by atoms with Crippen LogP contribution in [0.1, 0.15) is 26.3 Å². The summed E-state index contributed by atoms with van der Waals surface area (Å²) in [4.78, 5) is 14.2. The van der Waals surface area contributed by atoms with Gasteiger partial charge in [-0.1, -0.05) is 61.6 Å². The second kappa shape index (κ2) is 6.82. The molecule has 6 nitrogen and oxygen atoms in total. The molecule has 0 radical (unpaired) electrons. The third kappa shape index (κ3) is 3.79. The predicted octanol–water partition coefficient (Wildman–Crippen LogP) is 3.82. The first-order valence-electron chi connectivity index (χ1n) is 8.26. The Balaban J connectivity index is 1.86. The van der Waals surface area contributed by atoms with Gasteiger partial charge in [0, 0.05) is 13.1 Å². The highest BCUT2D eigenvalue weighted by molar-refractivity contribution is 6.68. The van der Waals surface area contributed by atoms with Crippen molar-refractivity contribution >= 4 is 40.8 Å². The number of hydrogen-bond acceptors (Lipinski definition) is 4. The first-order chi connectivity index (χ1) is 12.0. The summed E-state index contributed by atoms with van der Waals surface area (Å²) in [5.74, 6) is -1.15. The topological polar surface area (TPSA) is 60.0 Å². The molecule has 0 spiro atoms. The van der Waals surface area contributed by atoms with Gasteiger partial charge in [0.25, 0.3) is 3.79 Å². The van der Waals surface area contributed by atoms with Crippen molar-refractivity contribution in [1.29, 1.82) is 0 Å². The summed E-state index contributed by atoms with van der Waals surface area (Å²) < 4.78 is 14.8. The molecule has 1 aromatic carbocycles. The number of benzene rings is 1. The van der Waals surface area contributed by atoms with E-state index in [-0.39, 0.29) is 5.41 Å². The number of fused-ring (bicyclic) bond motifs is 1. The second-order valence-electron chi connectivity index (χ2n) is 7.26. The summed E-state index contributed by atoms with van der Waals surface area (Å²) >= 11 is 18.4. The standard InChI is InChI=1S/C17H21Cl3N2O4/c1-15(2,3)11-4-5-12-13(10-11)26-17(25-12,16(18,19)20)21-14(23)22-6-8-24-9-7-22/h4-5,10H,6-9H2,1-3H3,(H,21,23)/t17-/m1/s1. The van der Waals surface area contributed by atoms with Gasteiger partial charge in [-0.3, -0.25) is 5.32 Å². The highest BCUT2D eigenvalue weighted by Gasteiger charge is 2.60. The lowest BCUT2D eigenvalue weighted by Gasteiger charge is -2.36. The summed E-state index contributed by atoms with van der Waals surface area (Å²) in [6.07, 6.45) is 0. The minimum atomic E-state index is -2.06. The minimum Gasteiger partial charge on any atom is -0.428 e. The largest absolute Gasteiger partial charge is 0.428 e. The first-order valence-corrected chi connectivity index (χ1v) is 9.39. The number of carbonyl (C=O) groups excluding carboxylic acids is 1. The maximum Gasteiger partial charge on any atom is 0.389 e. The van der Waals surface area contributed by atoms with Crippen LogP contribution in [-0.2, 0) is 10.2 Å². The number of amides is 2. The molecule has 3 rings (SSSR count). The molecule has 1 fully saturated rings. The van der Waals surface area contributed by atoms with Gasteiger partial charge in [-0.15, -0.1) is 0 Å². The summed E-state index contributed by atoms with van der Waals surface area (Å²) in [6, 6.07) is 5.03. The van der Waals surface area contributed by atoms with E-state index in [2.05, 4.69) is 26.1 Å². The Kier molecular flexibility index (Phi) is 5.16. The quantitative estimate of drug-likeness (QED) is 0.698. The van der Waals surface area contributed by atoms with Crippen LogP contribution in [0.4, 0.5) is 4.79 Å². The molecule has 2 amide bonds. The number of alkyl halides is 3. The Morgan fingerprint density at radius 3 is 2.31 bits per heavy atom. The normalized spacial score (nSPS) is 23.1. The van der Waals surface area contributed by atoms with Gasteiger partial charge >= 0.3 is 11.9 Å². The zero-order valence-corrected chi connectivity index (χ0v) is 17.0. The van der Waals surface area contributed by atoms with Gasteiger partial charge in [-0.05, 0) is 23.1 Å². The molecular formula is C17H21Cl3N2O4. The molecule has 0 aromatic heterocycles. The molecule has 0 unspecified atom stereocenters. The van der Waals surface area contributed by atoms with Crippen molar-refractivity contribution in [2.75, 3.05) is 26.3 Å². The van der Waals surface area contributed by atoms with Crippen molar-refractivity contribution in [3.8, 4) is 11.5 Å². The zero-order chi connectivity index (χ0) is 19.2. The molecule has 2 aliphatic rings. The van der Waals surface area contributed by atoms with Crippen LogP contribution in [0.15, 0.2) is 18.2 Å². The lowest BCUT2D eigenvalue weighted by molar-refractivity contribution is -0.0971. The Morgan fingerprint density at radius 2 is 1.73 bits per heavy atom. The van der Waals surface area contributed by atoms with Crippen LogP contribution in [0.2, 0.25) is 0 Å². The van der Waals surface area contributed by atoms with Gasteiger partial charge in [0.2, 0.25) is 0 Å². The SMILES string of the molecule is CC(C)(C)c1ccc2c(c1)O[C@@](NC(=O)N1CCOCC1)(C(Cl)(Cl)Cl)O2. The summed E-state index contributed by atoms with van der Waals surface area (Å²) in [5.41, 5.74) is 0.931. The molecule has 0 aliphatic carbocycles. The van der Waals surface area contributed by atoms with E-state index in [9.17, 15) is 4.79 Å². The molecule has 144 valence electrons. The number of nitrogens with zero attached hydrogens (tertiary/aromatic N) is 1. The summed E-state index contributed by atoms with van der Waals surface area (Å²) in [7, 11) is 0. The van der Waals surface area contributed by atoms with Gasteiger partial charge in [0.1, 0.15) is 0 Å². The highest BCUT2D eigenvalue weighted by atomic mass is 35.6. The fourth-order valence-corrected chi connectivity index (χ4v) is 3.07. The zero-order valence-electron chi connectivity index (χ0n) is 14.8. The number of carbonyl (C=O) groups is 1. The van der Waals surface area contributed by atoms with Gasteiger partial charge in [-0.2, -0.15) is 0 Å². The number of hydrogen-bond donors (Lipinski definition) is 1. The Morgan fingerprint density at radius 1 is 1.12 bits per heavy atom. The average molecular weight is 424 g/mol. The highest BCUT2D eigenvalue weighted by Crippen LogP contribution is 2.49. The number of rotatable bonds is 1. The van der Waals surface area contributed by atoms with Gasteiger partial charge in [0.05, 0.1) is 13.2 Å². The number of urea groups is 1. The van der Waals surface area contributed by atoms with E-state index in [1.807, 2.05) is 12.1 Å². The molecule has 9 heteroatoms. The lowest BCUT2D eigenvalue weighted by atomic mass is 9.87. The second-order valence-corrected chi connectivity index (χ2v) is 9.54. The molecule has 1 aromatic rings. The van der Waals surface area contributed by atoms with Crippen molar-refractivity contribution in [1.82, 2.24) is 10.2 Å². The fourth-order valence-electron chi connectivity index (χ4n) is 2.69. The van der Waals surface area contributed by atoms with Crippen LogP contribution < -0.4 is 14.8 Å². The number of morpholine rings is 1. The molecule has 0 bridgehead atoms. The van der Waals surface area contributed by atoms with Gasteiger partial charge in [0.15, 0.2) is 11.5 Å². The summed E-state index contributed by atoms with van der Waals surface area (Å²) in [6.45, 7) is 7.99. The number of ether oxygens (including phenoxy) is 3. The molecule has 2 aliphatic heterocycles. The van der Waals surface area contributed by atoms with Crippen LogP contribution in [0.25, 0.3) is 0 Å². The third-order valence-corrected chi connectivity index (χ3v) is 5.01. The number of halogens is 3. The first kappa shape index (κ1) is 19.7.